The van der Waals surface area contributed by atoms with E-state index in [1.807, 2.05) is 44.3 Å². The standard InChI is InChI=1S/C20H24N4O3/c1-13(2)11-24(20(26)18-19(25)22-9-8-21-18)12-17(27-3)15-10-23-16-7-5-4-6-14(15)16/h4-10,13,17,23H,11-12H2,1-3H3,(H,22,25). The van der Waals surface area contributed by atoms with Gasteiger partial charge in [-0.25, -0.2) is 4.98 Å². The first-order valence-corrected chi connectivity index (χ1v) is 8.93. The maximum absolute atomic E-state index is 13.0. The van der Waals surface area contributed by atoms with Gasteiger partial charge in [0.25, 0.3) is 11.5 Å². The lowest BCUT2D eigenvalue weighted by molar-refractivity contribution is 0.0448. The minimum absolute atomic E-state index is 0.105. The maximum Gasteiger partial charge on any atom is 0.279 e. The molecular weight excluding hydrogens is 344 g/mol. The number of ether oxygens (including phenoxy) is 1. The van der Waals surface area contributed by atoms with Gasteiger partial charge in [0.1, 0.15) is 6.10 Å². The molecule has 1 aromatic carbocycles. The van der Waals surface area contributed by atoms with Gasteiger partial charge in [0.05, 0.1) is 6.54 Å². The molecule has 0 radical (unpaired) electrons. The number of aromatic nitrogens is 3. The van der Waals surface area contributed by atoms with Crippen molar-refractivity contribution in [3.63, 3.8) is 0 Å². The summed E-state index contributed by atoms with van der Waals surface area (Å²) in [6.45, 7) is 4.87. The van der Waals surface area contributed by atoms with Gasteiger partial charge in [-0.05, 0) is 12.0 Å². The lowest BCUT2D eigenvalue weighted by Gasteiger charge is -2.28. The SMILES string of the molecule is COC(CN(CC(C)C)C(=O)c1ncc[nH]c1=O)c1c[nH]c2ccccc12. The fourth-order valence-corrected chi connectivity index (χ4v) is 3.20. The quantitative estimate of drug-likeness (QED) is 0.671. The number of nitrogens with zero attached hydrogens (tertiary/aromatic N) is 2. The number of nitrogens with one attached hydrogen (secondary N) is 2. The number of benzene rings is 1. The summed E-state index contributed by atoms with van der Waals surface area (Å²) in [5, 5.41) is 1.05. The summed E-state index contributed by atoms with van der Waals surface area (Å²) in [5.74, 6) is -0.162. The van der Waals surface area contributed by atoms with Crippen molar-refractivity contribution >= 4 is 16.8 Å². The number of carbonyl (C=O) groups is 1. The van der Waals surface area contributed by atoms with E-state index in [1.54, 1.807) is 12.0 Å². The van der Waals surface area contributed by atoms with Crippen LogP contribution in [0.5, 0.6) is 0 Å². The highest BCUT2D eigenvalue weighted by Gasteiger charge is 2.26. The van der Waals surface area contributed by atoms with Crippen LogP contribution in [0.3, 0.4) is 0 Å². The lowest BCUT2D eigenvalue weighted by Crippen LogP contribution is -2.40. The summed E-state index contributed by atoms with van der Waals surface area (Å²) in [6.07, 6.45) is 4.40. The molecule has 0 aliphatic rings. The van der Waals surface area contributed by atoms with Gasteiger partial charge in [0.2, 0.25) is 0 Å². The number of aromatic amines is 2. The van der Waals surface area contributed by atoms with Crippen molar-refractivity contribution in [3.05, 3.63) is 64.5 Å². The first kappa shape index (κ1) is 18.8. The van der Waals surface area contributed by atoms with Crippen molar-refractivity contribution in [1.82, 2.24) is 19.9 Å². The van der Waals surface area contributed by atoms with Crippen LogP contribution in [-0.4, -0.2) is 46.0 Å². The van der Waals surface area contributed by atoms with Crippen LogP contribution in [0, 0.1) is 5.92 Å². The molecular formula is C20H24N4O3. The van der Waals surface area contributed by atoms with Crippen molar-refractivity contribution in [2.75, 3.05) is 20.2 Å². The summed E-state index contributed by atoms with van der Waals surface area (Å²) in [5.41, 5.74) is 1.39. The molecule has 2 N–H and O–H groups in total. The molecule has 0 saturated carbocycles. The van der Waals surface area contributed by atoms with Gasteiger partial charge in [0, 0.05) is 48.7 Å². The van der Waals surface area contributed by atoms with Crippen LogP contribution < -0.4 is 5.56 Å². The second kappa shape index (κ2) is 8.18. The normalized spacial score (nSPS) is 12.4. The Morgan fingerprint density at radius 3 is 2.70 bits per heavy atom. The van der Waals surface area contributed by atoms with Crippen molar-refractivity contribution in [1.29, 1.82) is 0 Å². The van der Waals surface area contributed by atoms with Gasteiger partial charge in [-0.15, -0.1) is 0 Å². The monoisotopic (exact) mass is 368 g/mol. The molecule has 0 bridgehead atoms. The number of hydrogen-bond donors (Lipinski definition) is 2. The number of methoxy groups -OCH3 is 1. The number of hydrogen-bond acceptors (Lipinski definition) is 4. The van der Waals surface area contributed by atoms with Crippen LogP contribution in [0.2, 0.25) is 0 Å². The number of fused-ring (bicyclic) bond motifs is 1. The third kappa shape index (κ3) is 4.09. The van der Waals surface area contributed by atoms with E-state index in [9.17, 15) is 9.59 Å². The molecule has 2 aromatic heterocycles. The zero-order valence-corrected chi connectivity index (χ0v) is 15.7. The second-order valence-corrected chi connectivity index (χ2v) is 6.88. The summed E-state index contributed by atoms with van der Waals surface area (Å²) < 4.78 is 5.71. The van der Waals surface area contributed by atoms with Crippen LogP contribution >= 0.6 is 0 Å². The van der Waals surface area contributed by atoms with E-state index < -0.39 is 11.5 Å². The van der Waals surface area contributed by atoms with E-state index in [1.165, 1.54) is 12.4 Å². The van der Waals surface area contributed by atoms with Gasteiger partial charge < -0.3 is 19.6 Å². The van der Waals surface area contributed by atoms with E-state index >= 15 is 0 Å². The fourth-order valence-electron chi connectivity index (χ4n) is 3.20. The van der Waals surface area contributed by atoms with Gasteiger partial charge in [0.15, 0.2) is 5.69 Å². The zero-order chi connectivity index (χ0) is 19.4. The molecule has 0 saturated heterocycles. The first-order valence-electron chi connectivity index (χ1n) is 8.93. The smallest absolute Gasteiger partial charge is 0.279 e. The highest BCUT2D eigenvalue weighted by atomic mass is 16.5. The van der Waals surface area contributed by atoms with Gasteiger partial charge in [-0.1, -0.05) is 32.0 Å². The molecule has 0 fully saturated rings. The minimum atomic E-state index is -0.489. The predicted octanol–water partition coefficient (Wildman–Crippen LogP) is 2.74. The molecule has 1 amide bonds. The number of H-pyrrole nitrogens is 2. The van der Waals surface area contributed by atoms with Gasteiger partial charge >= 0.3 is 0 Å². The Bertz CT molecular complexity index is 976. The molecule has 7 nitrogen and oxygen atoms in total. The molecule has 1 unspecified atom stereocenters. The van der Waals surface area contributed by atoms with E-state index in [0.29, 0.717) is 13.1 Å². The van der Waals surface area contributed by atoms with Crippen LogP contribution in [0.1, 0.15) is 36.0 Å². The van der Waals surface area contributed by atoms with Crippen molar-refractivity contribution in [2.24, 2.45) is 5.92 Å². The summed E-state index contributed by atoms with van der Waals surface area (Å²) in [6, 6.07) is 7.95. The number of carbonyl (C=O) groups excluding carboxylic acids is 1. The predicted molar refractivity (Wildman–Crippen MR) is 104 cm³/mol. The Hall–Kier alpha value is -2.93. The average Bonchev–Trinajstić information content (AvgIpc) is 3.08. The third-order valence-electron chi connectivity index (χ3n) is 4.42. The minimum Gasteiger partial charge on any atom is -0.375 e. The van der Waals surface area contributed by atoms with E-state index in [-0.39, 0.29) is 17.7 Å². The Balaban J connectivity index is 1.92. The first-order chi connectivity index (χ1) is 13.0. The Morgan fingerprint density at radius 2 is 2.00 bits per heavy atom. The molecule has 0 aliphatic heterocycles. The van der Waals surface area contributed by atoms with Crippen molar-refractivity contribution < 1.29 is 9.53 Å². The second-order valence-electron chi connectivity index (χ2n) is 6.88. The Kier molecular flexibility index (Phi) is 5.71. The maximum atomic E-state index is 13.0. The average molecular weight is 368 g/mol. The summed E-state index contributed by atoms with van der Waals surface area (Å²) >= 11 is 0. The lowest BCUT2D eigenvalue weighted by atomic mass is 10.1. The highest BCUT2D eigenvalue weighted by molar-refractivity contribution is 5.92. The number of para-hydroxylation sites is 1. The number of rotatable bonds is 7. The molecule has 27 heavy (non-hydrogen) atoms. The van der Waals surface area contributed by atoms with E-state index in [2.05, 4.69) is 15.0 Å². The largest absolute Gasteiger partial charge is 0.375 e. The van der Waals surface area contributed by atoms with Crippen LogP contribution in [0.4, 0.5) is 0 Å². The zero-order valence-electron chi connectivity index (χ0n) is 15.7. The molecule has 0 spiro atoms. The molecule has 7 heteroatoms. The van der Waals surface area contributed by atoms with E-state index in [0.717, 1.165) is 16.5 Å². The topological polar surface area (TPSA) is 91.1 Å². The van der Waals surface area contributed by atoms with Gasteiger partial charge in [-0.3, -0.25) is 9.59 Å². The molecule has 0 aliphatic carbocycles. The van der Waals surface area contributed by atoms with Crippen LogP contribution in [-0.2, 0) is 4.74 Å². The van der Waals surface area contributed by atoms with Gasteiger partial charge in [-0.2, -0.15) is 0 Å². The molecule has 2 heterocycles. The van der Waals surface area contributed by atoms with Crippen LogP contribution in [0.25, 0.3) is 10.9 Å². The summed E-state index contributed by atoms with van der Waals surface area (Å²) in [4.78, 5) is 36.3. The summed E-state index contributed by atoms with van der Waals surface area (Å²) in [7, 11) is 1.62. The highest BCUT2D eigenvalue weighted by Crippen LogP contribution is 2.27. The molecule has 3 aromatic rings. The molecule has 1 atom stereocenters. The number of amides is 1. The van der Waals surface area contributed by atoms with Crippen LogP contribution in [0.15, 0.2) is 47.7 Å². The fraction of sp³-hybridized carbons (Fsp3) is 0.350. The Labute approximate surface area is 157 Å². The van der Waals surface area contributed by atoms with Crippen molar-refractivity contribution in [2.45, 2.75) is 20.0 Å². The molecule has 3 rings (SSSR count). The third-order valence-corrected chi connectivity index (χ3v) is 4.42. The van der Waals surface area contributed by atoms with Crippen molar-refractivity contribution in [3.8, 4) is 0 Å². The Morgan fingerprint density at radius 1 is 1.22 bits per heavy atom. The van der Waals surface area contributed by atoms with E-state index in [4.69, 9.17) is 4.74 Å². The molecule has 142 valence electrons.